The van der Waals surface area contributed by atoms with Gasteiger partial charge in [0, 0.05) is 41.7 Å². The maximum atomic E-state index is 12.1. The quantitative estimate of drug-likeness (QED) is 0.470. The topological polar surface area (TPSA) is 76.6 Å². The number of ether oxygens (including phenoxy) is 2. The predicted molar refractivity (Wildman–Crippen MR) is 134 cm³/mol. The first-order valence-electron chi connectivity index (χ1n) is 10.9. The highest BCUT2D eigenvalue weighted by Crippen LogP contribution is 2.53. The molecule has 2 fully saturated rings. The van der Waals surface area contributed by atoms with E-state index in [2.05, 4.69) is 16.9 Å². The molecule has 0 unspecified atom stereocenters. The third-order valence-corrected chi connectivity index (χ3v) is 7.52. The Morgan fingerprint density at radius 2 is 1.91 bits per heavy atom. The third-order valence-electron chi connectivity index (χ3n) is 6.77. The number of likely N-dealkylation sites (tertiary alicyclic amines) is 1. The van der Waals surface area contributed by atoms with E-state index in [9.17, 15) is 4.79 Å². The second kappa shape index (κ2) is 8.64. The molecule has 7 nitrogen and oxygen atoms in total. The molecule has 0 radical (unpaired) electrons. The van der Waals surface area contributed by atoms with Gasteiger partial charge in [0.15, 0.2) is 0 Å². The van der Waals surface area contributed by atoms with Crippen molar-refractivity contribution in [2.24, 2.45) is 5.41 Å². The zero-order valence-corrected chi connectivity index (χ0v) is 20.4. The van der Waals surface area contributed by atoms with Crippen LogP contribution in [0, 0.1) is 5.41 Å². The second-order valence-electron chi connectivity index (χ2n) is 8.73. The summed E-state index contributed by atoms with van der Waals surface area (Å²) in [6.45, 7) is 4.98. The minimum atomic E-state index is -0.0333. The number of amides is 1. The van der Waals surface area contributed by atoms with Crippen molar-refractivity contribution in [1.82, 2.24) is 14.9 Å². The number of benzene rings is 2. The van der Waals surface area contributed by atoms with Crippen molar-refractivity contribution in [3.05, 3.63) is 53.2 Å². The highest BCUT2D eigenvalue weighted by atomic mass is 35.5. The van der Waals surface area contributed by atoms with Crippen LogP contribution in [0.25, 0.3) is 22.0 Å². The number of rotatable bonds is 6. The number of nitrogens with zero attached hydrogens (tertiary/aromatic N) is 3. The van der Waals surface area contributed by atoms with Gasteiger partial charge in [-0.2, -0.15) is 0 Å². The summed E-state index contributed by atoms with van der Waals surface area (Å²) in [6, 6.07) is 7.54. The summed E-state index contributed by atoms with van der Waals surface area (Å²) in [4.78, 5) is 23.2. The molecular weight excluding hydrogens is 475 g/mol. The molecule has 1 amide bonds. The predicted octanol–water partition coefficient (Wildman–Crippen LogP) is 5.21. The van der Waals surface area contributed by atoms with Crippen LogP contribution >= 0.6 is 23.2 Å². The molecule has 2 heterocycles. The van der Waals surface area contributed by atoms with Crippen molar-refractivity contribution < 1.29 is 14.3 Å². The lowest BCUT2D eigenvalue weighted by molar-refractivity contribution is -0.125. The first kappa shape index (κ1) is 22.7. The van der Waals surface area contributed by atoms with Gasteiger partial charge < -0.3 is 19.7 Å². The zero-order valence-electron chi connectivity index (χ0n) is 18.9. The molecule has 1 aliphatic carbocycles. The van der Waals surface area contributed by atoms with Crippen molar-refractivity contribution >= 4 is 46.0 Å². The molecule has 2 aliphatic rings. The zero-order chi connectivity index (χ0) is 24.0. The molecule has 3 aromatic rings. The molecular formula is C25H24Cl2N4O3. The van der Waals surface area contributed by atoms with E-state index in [4.69, 9.17) is 37.7 Å². The van der Waals surface area contributed by atoms with E-state index in [0.717, 1.165) is 35.9 Å². The Kier molecular flexibility index (Phi) is 5.78. The molecule has 5 rings (SSSR count). The van der Waals surface area contributed by atoms with Crippen LogP contribution in [0.5, 0.6) is 11.5 Å². The molecule has 1 saturated carbocycles. The summed E-state index contributed by atoms with van der Waals surface area (Å²) in [6.07, 6.45) is 5.33. The van der Waals surface area contributed by atoms with Gasteiger partial charge in [0.1, 0.15) is 11.5 Å². The number of carbonyl (C=O) groups excluding carboxylic acids is 1. The van der Waals surface area contributed by atoms with Gasteiger partial charge in [-0.15, -0.1) is 0 Å². The third kappa shape index (κ3) is 3.83. The Labute approximate surface area is 207 Å². The molecule has 1 N–H and O–H groups in total. The van der Waals surface area contributed by atoms with Gasteiger partial charge >= 0.3 is 0 Å². The van der Waals surface area contributed by atoms with E-state index in [1.165, 1.54) is 6.08 Å². The molecule has 1 aromatic heterocycles. The van der Waals surface area contributed by atoms with Gasteiger partial charge in [0.05, 0.1) is 35.8 Å². The molecule has 1 atom stereocenters. The van der Waals surface area contributed by atoms with E-state index >= 15 is 0 Å². The lowest BCUT2D eigenvalue weighted by atomic mass is 10.0. The number of nitrogens with one attached hydrogen (secondary N) is 1. The number of methoxy groups -OCH3 is 2. The van der Waals surface area contributed by atoms with Crippen LogP contribution in [0.1, 0.15) is 12.8 Å². The average molecular weight is 499 g/mol. The fourth-order valence-electron chi connectivity index (χ4n) is 4.69. The van der Waals surface area contributed by atoms with Crippen molar-refractivity contribution in [3.63, 3.8) is 0 Å². The summed E-state index contributed by atoms with van der Waals surface area (Å²) < 4.78 is 10.8. The van der Waals surface area contributed by atoms with Gasteiger partial charge in [-0.05, 0) is 36.6 Å². The number of fused-ring (bicyclic) bond motifs is 1. The van der Waals surface area contributed by atoms with E-state index in [1.54, 1.807) is 26.5 Å². The molecule has 0 bridgehead atoms. The van der Waals surface area contributed by atoms with Crippen LogP contribution in [0.2, 0.25) is 10.0 Å². The summed E-state index contributed by atoms with van der Waals surface area (Å²) in [5.41, 5.74) is 2.32. The Morgan fingerprint density at radius 3 is 2.53 bits per heavy atom. The Balaban J connectivity index is 1.44. The van der Waals surface area contributed by atoms with Crippen LogP contribution in [0.4, 0.5) is 5.95 Å². The van der Waals surface area contributed by atoms with Crippen molar-refractivity contribution in [2.75, 3.05) is 32.6 Å². The Bertz CT molecular complexity index is 1280. The molecule has 34 heavy (non-hydrogen) atoms. The van der Waals surface area contributed by atoms with Crippen molar-refractivity contribution in [3.8, 4) is 22.6 Å². The Hall–Kier alpha value is -3.03. The highest BCUT2D eigenvalue weighted by Gasteiger charge is 2.56. The summed E-state index contributed by atoms with van der Waals surface area (Å²) in [5, 5.41) is 5.11. The number of hydrogen-bond donors (Lipinski definition) is 1. The number of hydrogen-bond acceptors (Lipinski definition) is 6. The molecule has 2 aromatic carbocycles. The van der Waals surface area contributed by atoms with Crippen LogP contribution in [0.3, 0.4) is 0 Å². The summed E-state index contributed by atoms with van der Waals surface area (Å²) in [7, 11) is 3.09. The maximum absolute atomic E-state index is 12.1. The minimum absolute atomic E-state index is 0.0333. The Morgan fingerprint density at radius 1 is 1.21 bits per heavy atom. The van der Waals surface area contributed by atoms with Gasteiger partial charge in [0.25, 0.3) is 0 Å². The number of carbonyl (C=O) groups is 1. The standard InChI is InChI=1S/C25H24Cl2N4O3/c1-4-20(32)31-12-19(25(13-31)7-8-25)30-24-28-11-15-9-14(5-6-16(15)29-24)21-22(26)17(33-2)10-18(34-3)23(21)27/h4-6,9-11,19H,1,7-8,12-13H2,2-3H3,(H,28,29,30)/t19-/m1/s1. The summed E-state index contributed by atoms with van der Waals surface area (Å²) >= 11 is 13.2. The smallest absolute Gasteiger partial charge is 0.246 e. The second-order valence-corrected chi connectivity index (χ2v) is 9.49. The molecule has 1 spiro atoms. The number of anilines is 1. The SMILES string of the molecule is C=CC(=O)N1C[C@@H](Nc2ncc3cc(-c4c(Cl)c(OC)cc(OC)c4Cl)ccc3n2)C2(CC2)C1. The van der Waals surface area contributed by atoms with Crippen LogP contribution in [-0.4, -0.2) is 54.1 Å². The molecule has 1 saturated heterocycles. The van der Waals surface area contributed by atoms with Crippen LogP contribution < -0.4 is 14.8 Å². The molecule has 1 aliphatic heterocycles. The fourth-order valence-corrected chi connectivity index (χ4v) is 5.40. The van der Waals surface area contributed by atoms with E-state index in [0.29, 0.717) is 39.6 Å². The fraction of sp³-hybridized carbons (Fsp3) is 0.320. The molecule has 176 valence electrons. The van der Waals surface area contributed by atoms with Gasteiger partial charge in [-0.1, -0.05) is 35.8 Å². The molecule has 9 heteroatoms. The summed E-state index contributed by atoms with van der Waals surface area (Å²) in [5.74, 6) is 1.46. The van der Waals surface area contributed by atoms with Crippen LogP contribution in [-0.2, 0) is 4.79 Å². The number of halogens is 2. The number of aromatic nitrogens is 2. The van der Waals surface area contributed by atoms with Crippen molar-refractivity contribution in [1.29, 1.82) is 0 Å². The van der Waals surface area contributed by atoms with Gasteiger partial charge in [-0.3, -0.25) is 4.79 Å². The first-order valence-corrected chi connectivity index (χ1v) is 11.7. The van der Waals surface area contributed by atoms with Gasteiger partial charge in [0.2, 0.25) is 11.9 Å². The van der Waals surface area contributed by atoms with Crippen molar-refractivity contribution in [2.45, 2.75) is 18.9 Å². The highest BCUT2D eigenvalue weighted by molar-refractivity contribution is 6.41. The van der Waals surface area contributed by atoms with Crippen LogP contribution in [0.15, 0.2) is 43.1 Å². The largest absolute Gasteiger partial charge is 0.495 e. The van der Waals surface area contributed by atoms with E-state index in [-0.39, 0.29) is 17.4 Å². The monoisotopic (exact) mass is 498 g/mol. The van der Waals surface area contributed by atoms with E-state index in [1.807, 2.05) is 23.1 Å². The lowest BCUT2D eigenvalue weighted by Gasteiger charge is -2.18. The van der Waals surface area contributed by atoms with Gasteiger partial charge in [-0.25, -0.2) is 9.97 Å². The minimum Gasteiger partial charge on any atom is -0.495 e. The maximum Gasteiger partial charge on any atom is 0.246 e. The van der Waals surface area contributed by atoms with E-state index < -0.39 is 0 Å². The normalized spacial score (nSPS) is 18.2. The average Bonchev–Trinajstić information content (AvgIpc) is 3.54. The lowest BCUT2D eigenvalue weighted by Crippen LogP contribution is -2.32. The first-order chi connectivity index (χ1) is 16.4.